The van der Waals surface area contributed by atoms with Crippen LogP contribution in [0.25, 0.3) is 0 Å². The maximum absolute atomic E-state index is 12.6. The predicted molar refractivity (Wildman–Crippen MR) is 112 cm³/mol. The van der Waals surface area contributed by atoms with Crippen molar-refractivity contribution in [2.75, 3.05) is 14.1 Å². The number of hydrogen-bond acceptors (Lipinski definition) is 3. The lowest BCUT2D eigenvalue weighted by atomic mass is 10.1. The molecule has 144 valence electrons. The molecule has 0 saturated carbocycles. The minimum absolute atomic E-state index is 0.0440. The third kappa shape index (κ3) is 4.46. The SMILES string of the molecule is Cc1cccc(C(=O)N=c2sc(C)cn2Cc2ccccc2C(=O)N(C)C)c1. The van der Waals surface area contributed by atoms with Gasteiger partial charge in [0.05, 0.1) is 6.54 Å². The lowest BCUT2D eigenvalue weighted by Gasteiger charge is -2.14. The van der Waals surface area contributed by atoms with Crippen LogP contribution >= 0.6 is 11.3 Å². The van der Waals surface area contributed by atoms with E-state index >= 15 is 0 Å². The van der Waals surface area contributed by atoms with E-state index in [1.54, 1.807) is 25.1 Å². The van der Waals surface area contributed by atoms with Crippen molar-refractivity contribution in [2.45, 2.75) is 20.4 Å². The molecule has 3 aromatic rings. The third-order valence-electron chi connectivity index (χ3n) is 4.29. The summed E-state index contributed by atoms with van der Waals surface area (Å²) >= 11 is 1.46. The van der Waals surface area contributed by atoms with Gasteiger partial charge in [-0.1, -0.05) is 35.9 Å². The van der Waals surface area contributed by atoms with Gasteiger partial charge in [0.25, 0.3) is 11.8 Å². The molecular formula is C22H23N3O2S. The van der Waals surface area contributed by atoms with Gasteiger partial charge in [0, 0.05) is 36.3 Å². The largest absolute Gasteiger partial charge is 0.345 e. The topological polar surface area (TPSA) is 54.7 Å². The summed E-state index contributed by atoms with van der Waals surface area (Å²) in [4.78, 5) is 32.7. The molecule has 0 fully saturated rings. The Hall–Kier alpha value is -2.99. The molecule has 28 heavy (non-hydrogen) atoms. The lowest BCUT2D eigenvalue weighted by Crippen LogP contribution is -2.24. The van der Waals surface area contributed by atoms with E-state index < -0.39 is 0 Å². The van der Waals surface area contributed by atoms with E-state index in [0.29, 0.717) is 22.5 Å². The number of nitrogens with zero attached hydrogens (tertiary/aromatic N) is 3. The van der Waals surface area contributed by atoms with Gasteiger partial charge in [-0.15, -0.1) is 11.3 Å². The van der Waals surface area contributed by atoms with E-state index in [9.17, 15) is 9.59 Å². The van der Waals surface area contributed by atoms with Crippen molar-refractivity contribution in [1.82, 2.24) is 9.47 Å². The Morgan fingerprint density at radius 3 is 2.54 bits per heavy atom. The fraction of sp³-hybridized carbons (Fsp3) is 0.227. The summed E-state index contributed by atoms with van der Waals surface area (Å²) in [7, 11) is 3.48. The number of amides is 2. The Kier molecular flexibility index (Phi) is 5.90. The molecule has 0 radical (unpaired) electrons. The molecule has 0 atom stereocenters. The Labute approximate surface area is 168 Å². The quantitative estimate of drug-likeness (QED) is 0.679. The zero-order valence-corrected chi connectivity index (χ0v) is 17.3. The van der Waals surface area contributed by atoms with Crippen molar-refractivity contribution < 1.29 is 9.59 Å². The summed E-state index contributed by atoms with van der Waals surface area (Å²) in [5.74, 6) is -0.311. The molecule has 0 spiro atoms. The van der Waals surface area contributed by atoms with E-state index in [1.165, 1.54) is 11.3 Å². The molecule has 0 bridgehead atoms. The first-order chi connectivity index (χ1) is 13.3. The molecule has 3 rings (SSSR count). The van der Waals surface area contributed by atoms with Gasteiger partial charge in [0.15, 0.2) is 4.80 Å². The van der Waals surface area contributed by atoms with Gasteiger partial charge in [-0.05, 0) is 37.6 Å². The van der Waals surface area contributed by atoms with Gasteiger partial charge in [-0.3, -0.25) is 9.59 Å². The molecule has 5 nitrogen and oxygen atoms in total. The Morgan fingerprint density at radius 1 is 1.07 bits per heavy atom. The van der Waals surface area contributed by atoms with Gasteiger partial charge < -0.3 is 9.47 Å². The Balaban J connectivity index is 1.98. The van der Waals surface area contributed by atoms with Crippen LogP contribution in [0.2, 0.25) is 0 Å². The zero-order valence-electron chi connectivity index (χ0n) is 16.5. The molecule has 0 unspecified atom stereocenters. The first kappa shape index (κ1) is 19.8. The molecular weight excluding hydrogens is 370 g/mol. The zero-order chi connectivity index (χ0) is 20.3. The fourth-order valence-electron chi connectivity index (χ4n) is 2.92. The average molecular weight is 394 g/mol. The number of aryl methyl sites for hydroxylation is 2. The molecule has 6 heteroatoms. The second kappa shape index (κ2) is 8.35. The molecule has 0 N–H and O–H groups in total. The van der Waals surface area contributed by atoms with Crippen molar-refractivity contribution in [3.05, 3.63) is 86.7 Å². The monoisotopic (exact) mass is 393 g/mol. The van der Waals surface area contributed by atoms with E-state index in [1.807, 2.05) is 67.1 Å². The minimum atomic E-state index is -0.267. The average Bonchev–Trinajstić information content (AvgIpc) is 3.00. The molecule has 1 heterocycles. The highest BCUT2D eigenvalue weighted by atomic mass is 32.1. The van der Waals surface area contributed by atoms with Crippen molar-refractivity contribution in [2.24, 2.45) is 4.99 Å². The van der Waals surface area contributed by atoms with Gasteiger partial charge in [0.1, 0.15) is 0 Å². The highest BCUT2D eigenvalue weighted by molar-refractivity contribution is 7.09. The van der Waals surface area contributed by atoms with Crippen LogP contribution in [0.1, 0.15) is 36.7 Å². The van der Waals surface area contributed by atoms with Gasteiger partial charge in [-0.2, -0.15) is 4.99 Å². The fourth-order valence-corrected chi connectivity index (χ4v) is 3.76. The summed E-state index contributed by atoms with van der Waals surface area (Å²) in [6.07, 6.45) is 1.96. The standard InChI is InChI=1S/C22H23N3O2S/c1-15-8-7-10-17(12-15)20(26)23-22-25(13-16(2)28-22)14-18-9-5-6-11-19(18)21(27)24(3)4/h5-13H,14H2,1-4H3. The van der Waals surface area contributed by atoms with Crippen LogP contribution in [0.5, 0.6) is 0 Å². The van der Waals surface area contributed by atoms with E-state index in [4.69, 9.17) is 0 Å². The van der Waals surface area contributed by atoms with Crippen molar-refractivity contribution in [3.63, 3.8) is 0 Å². The first-order valence-electron chi connectivity index (χ1n) is 8.97. The van der Waals surface area contributed by atoms with Crippen molar-refractivity contribution in [3.8, 4) is 0 Å². The number of carbonyl (C=O) groups excluding carboxylic acids is 2. The predicted octanol–water partition coefficient (Wildman–Crippen LogP) is 3.66. The Morgan fingerprint density at radius 2 is 1.82 bits per heavy atom. The highest BCUT2D eigenvalue weighted by Gasteiger charge is 2.14. The molecule has 2 amide bonds. The summed E-state index contributed by atoms with van der Waals surface area (Å²) < 4.78 is 1.93. The molecule has 1 aromatic heterocycles. The molecule has 0 aliphatic heterocycles. The maximum Gasteiger partial charge on any atom is 0.279 e. The van der Waals surface area contributed by atoms with E-state index in [-0.39, 0.29) is 11.8 Å². The van der Waals surface area contributed by atoms with Gasteiger partial charge >= 0.3 is 0 Å². The molecule has 0 aliphatic carbocycles. The van der Waals surface area contributed by atoms with Crippen LogP contribution in [0.4, 0.5) is 0 Å². The summed E-state index contributed by atoms with van der Waals surface area (Å²) in [5, 5.41) is 0. The van der Waals surface area contributed by atoms with Crippen LogP contribution in [0, 0.1) is 13.8 Å². The van der Waals surface area contributed by atoms with Crippen LogP contribution in [0.3, 0.4) is 0 Å². The molecule has 0 aliphatic rings. The number of carbonyl (C=O) groups is 2. The highest BCUT2D eigenvalue weighted by Crippen LogP contribution is 2.14. The second-order valence-electron chi connectivity index (χ2n) is 6.90. The van der Waals surface area contributed by atoms with Gasteiger partial charge in [0.2, 0.25) is 0 Å². The third-order valence-corrected chi connectivity index (χ3v) is 5.23. The summed E-state index contributed by atoms with van der Waals surface area (Å²) in [6, 6.07) is 14.9. The maximum atomic E-state index is 12.6. The number of benzene rings is 2. The number of thiazole rings is 1. The van der Waals surface area contributed by atoms with Gasteiger partial charge in [-0.25, -0.2) is 0 Å². The van der Waals surface area contributed by atoms with Crippen molar-refractivity contribution >= 4 is 23.2 Å². The molecule has 2 aromatic carbocycles. The smallest absolute Gasteiger partial charge is 0.279 e. The molecule has 0 saturated heterocycles. The van der Waals surface area contributed by atoms with Crippen LogP contribution < -0.4 is 4.80 Å². The second-order valence-corrected chi connectivity index (χ2v) is 8.11. The number of rotatable bonds is 4. The summed E-state index contributed by atoms with van der Waals surface area (Å²) in [6.45, 7) is 4.40. The summed E-state index contributed by atoms with van der Waals surface area (Å²) in [5.41, 5.74) is 3.14. The number of hydrogen-bond donors (Lipinski definition) is 0. The minimum Gasteiger partial charge on any atom is -0.345 e. The Bertz CT molecular complexity index is 1090. The van der Waals surface area contributed by atoms with Crippen LogP contribution in [-0.2, 0) is 6.54 Å². The van der Waals surface area contributed by atoms with Crippen LogP contribution in [0.15, 0.2) is 59.7 Å². The van der Waals surface area contributed by atoms with Crippen LogP contribution in [-0.4, -0.2) is 35.4 Å². The number of aromatic nitrogens is 1. The normalized spacial score (nSPS) is 11.5. The lowest BCUT2D eigenvalue weighted by molar-refractivity contribution is 0.0826. The van der Waals surface area contributed by atoms with E-state index in [2.05, 4.69) is 4.99 Å². The van der Waals surface area contributed by atoms with Crippen molar-refractivity contribution in [1.29, 1.82) is 0 Å². The van der Waals surface area contributed by atoms with E-state index in [0.717, 1.165) is 16.0 Å². The first-order valence-corrected chi connectivity index (χ1v) is 9.79.